The molecule has 0 radical (unpaired) electrons. The standard InChI is InChI=1S/C15H17Cl2NO3/c1-8(5-6-13(19)20)18-15(21)11-7-10(11)9-3-2-4-12(16)14(9)17/h2-4,8,10-11H,5-7H2,1H3,(H,18,21)(H,19,20). The third-order valence-corrected chi connectivity index (χ3v) is 4.52. The Hall–Kier alpha value is -1.26. The van der Waals surface area contributed by atoms with Crippen molar-refractivity contribution in [3.8, 4) is 0 Å². The molecule has 21 heavy (non-hydrogen) atoms. The van der Waals surface area contributed by atoms with Crippen molar-refractivity contribution in [3.63, 3.8) is 0 Å². The Kier molecular flexibility index (Phi) is 5.12. The van der Waals surface area contributed by atoms with Crippen molar-refractivity contribution < 1.29 is 14.7 Å². The number of hydrogen-bond acceptors (Lipinski definition) is 2. The summed E-state index contributed by atoms with van der Waals surface area (Å²) in [6, 6.07) is 5.29. The van der Waals surface area contributed by atoms with E-state index >= 15 is 0 Å². The van der Waals surface area contributed by atoms with Crippen molar-refractivity contribution >= 4 is 35.1 Å². The SMILES string of the molecule is CC(CCC(=O)O)NC(=O)C1CC1c1cccc(Cl)c1Cl. The number of carboxylic acids is 1. The van der Waals surface area contributed by atoms with Crippen LogP contribution < -0.4 is 5.32 Å². The first-order chi connectivity index (χ1) is 9.90. The topological polar surface area (TPSA) is 66.4 Å². The summed E-state index contributed by atoms with van der Waals surface area (Å²) in [7, 11) is 0. The van der Waals surface area contributed by atoms with Crippen LogP contribution in [0.4, 0.5) is 0 Å². The predicted octanol–water partition coefficient (Wildman–Crippen LogP) is 3.47. The first-order valence-corrected chi connectivity index (χ1v) is 7.61. The molecule has 1 aliphatic carbocycles. The van der Waals surface area contributed by atoms with Gasteiger partial charge in [-0.1, -0.05) is 35.3 Å². The Morgan fingerprint density at radius 1 is 1.43 bits per heavy atom. The van der Waals surface area contributed by atoms with Gasteiger partial charge in [-0.3, -0.25) is 9.59 Å². The highest BCUT2D eigenvalue weighted by molar-refractivity contribution is 6.42. The van der Waals surface area contributed by atoms with E-state index in [1.54, 1.807) is 6.07 Å². The first-order valence-electron chi connectivity index (χ1n) is 6.86. The van der Waals surface area contributed by atoms with Crippen molar-refractivity contribution in [3.05, 3.63) is 33.8 Å². The number of aliphatic carboxylic acids is 1. The lowest BCUT2D eigenvalue weighted by molar-refractivity contribution is -0.137. The molecule has 1 saturated carbocycles. The van der Waals surface area contributed by atoms with E-state index in [1.807, 2.05) is 19.1 Å². The molecule has 0 heterocycles. The molecular weight excluding hydrogens is 313 g/mol. The first kappa shape index (κ1) is 16.1. The summed E-state index contributed by atoms with van der Waals surface area (Å²) in [5.41, 5.74) is 0.905. The molecule has 1 fully saturated rings. The van der Waals surface area contributed by atoms with Crippen LogP contribution in [0.15, 0.2) is 18.2 Å². The maximum atomic E-state index is 12.1. The molecule has 0 saturated heterocycles. The lowest BCUT2D eigenvalue weighted by Gasteiger charge is -2.13. The van der Waals surface area contributed by atoms with Gasteiger partial charge in [-0.2, -0.15) is 0 Å². The molecule has 0 spiro atoms. The normalized spacial score (nSPS) is 21.7. The van der Waals surface area contributed by atoms with Gasteiger partial charge >= 0.3 is 5.97 Å². The number of amides is 1. The van der Waals surface area contributed by atoms with Gasteiger partial charge in [0.05, 0.1) is 10.0 Å². The zero-order valence-corrected chi connectivity index (χ0v) is 13.1. The molecule has 3 unspecified atom stereocenters. The summed E-state index contributed by atoms with van der Waals surface area (Å²) in [5, 5.41) is 12.5. The minimum atomic E-state index is -0.855. The molecule has 2 rings (SSSR count). The van der Waals surface area contributed by atoms with Crippen LogP contribution in [0.3, 0.4) is 0 Å². The van der Waals surface area contributed by atoms with Crippen LogP contribution in [0.25, 0.3) is 0 Å². The highest BCUT2D eigenvalue weighted by Crippen LogP contribution is 2.50. The Morgan fingerprint density at radius 3 is 2.81 bits per heavy atom. The van der Waals surface area contributed by atoms with Crippen molar-refractivity contribution in [1.29, 1.82) is 0 Å². The van der Waals surface area contributed by atoms with E-state index in [0.29, 0.717) is 16.5 Å². The van der Waals surface area contributed by atoms with Crippen molar-refractivity contribution in [2.24, 2.45) is 5.92 Å². The van der Waals surface area contributed by atoms with Crippen LogP contribution in [-0.4, -0.2) is 23.0 Å². The molecule has 6 heteroatoms. The average molecular weight is 330 g/mol. The number of nitrogens with one attached hydrogen (secondary N) is 1. The van der Waals surface area contributed by atoms with Crippen LogP contribution in [-0.2, 0) is 9.59 Å². The zero-order chi connectivity index (χ0) is 15.6. The maximum absolute atomic E-state index is 12.1. The van der Waals surface area contributed by atoms with Crippen LogP contribution in [0, 0.1) is 5.92 Å². The zero-order valence-electron chi connectivity index (χ0n) is 11.6. The van der Waals surface area contributed by atoms with E-state index in [1.165, 1.54) is 0 Å². The largest absolute Gasteiger partial charge is 0.481 e. The fraction of sp³-hybridized carbons (Fsp3) is 0.467. The Bertz CT molecular complexity index is 562. The van der Waals surface area contributed by atoms with E-state index in [9.17, 15) is 9.59 Å². The molecule has 1 aliphatic rings. The van der Waals surface area contributed by atoms with Gasteiger partial charge < -0.3 is 10.4 Å². The Labute approximate surface area is 133 Å². The lowest BCUT2D eigenvalue weighted by atomic mass is 10.1. The van der Waals surface area contributed by atoms with Crippen LogP contribution in [0.2, 0.25) is 10.0 Å². The minimum Gasteiger partial charge on any atom is -0.481 e. The number of hydrogen-bond donors (Lipinski definition) is 2. The second kappa shape index (κ2) is 6.67. The highest BCUT2D eigenvalue weighted by atomic mass is 35.5. The number of carbonyl (C=O) groups excluding carboxylic acids is 1. The monoisotopic (exact) mass is 329 g/mol. The van der Waals surface area contributed by atoms with Gasteiger partial charge in [0, 0.05) is 18.4 Å². The van der Waals surface area contributed by atoms with Gasteiger partial charge in [0.1, 0.15) is 0 Å². The highest BCUT2D eigenvalue weighted by Gasteiger charge is 2.45. The summed E-state index contributed by atoms with van der Waals surface area (Å²) < 4.78 is 0. The second-order valence-corrected chi connectivity index (χ2v) is 6.22. The summed E-state index contributed by atoms with van der Waals surface area (Å²) in [6.45, 7) is 1.81. The van der Waals surface area contributed by atoms with Gasteiger partial charge in [0.15, 0.2) is 0 Å². The molecule has 114 valence electrons. The molecule has 0 aromatic heterocycles. The number of carbonyl (C=O) groups is 2. The van der Waals surface area contributed by atoms with E-state index in [-0.39, 0.29) is 30.2 Å². The van der Waals surface area contributed by atoms with Gasteiger partial charge in [-0.05, 0) is 37.3 Å². The summed E-state index contributed by atoms with van der Waals surface area (Å²) in [6.07, 6.45) is 1.23. The molecule has 3 atom stereocenters. The minimum absolute atomic E-state index is 0.0473. The quantitative estimate of drug-likeness (QED) is 0.839. The van der Waals surface area contributed by atoms with Gasteiger partial charge in [-0.25, -0.2) is 0 Å². The maximum Gasteiger partial charge on any atom is 0.303 e. The number of rotatable bonds is 6. The van der Waals surface area contributed by atoms with Crippen molar-refractivity contribution in [2.75, 3.05) is 0 Å². The second-order valence-electron chi connectivity index (χ2n) is 5.43. The summed E-state index contributed by atoms with van der Waals surface area (Å²) >= 11 is 12.1. The molecule has 0 aliphatic heterocycles. The van der Waals surface area contributed by atoms with Crippen LogP contribution in [0.5, 0.6) is 0 Å². The van der Waals surface area contributed by atoms with E-state index in [0.717, 1.165) is 12.0 Å². The number of halogens is 2. The third-order valence-electron chi connectivity index (χ3n) is 3.69. The summed E-state index contributed by atoms with van der Waals surface area (Å²) in [5.74, 6) is -0.906. The third kappa shape index (κ3) is 4.11. The number of carboxylic acid groups (broad SMARTS) is 1. The lowest BCUT2D eigenvalue weighted by Crippen LogP contribution is -2.34. The molecule has 1 aromatic rings. The fourth-order valence-corrected chi connectivity index (χ4v) is 2.85. The van der Waals surface area contributed by atoms with Crippen LogP contribution >= 0.6 is 23.2 Å². The molecule has 0 bridgehead atoms. The Morgan fingerprint density at radius 2 is 2.14 bits per heavy atom. The fourth-order valence-electron chi connectivity index (χ4n) is 2.40. The molecule has 2 N–H and O–H groups in total. The van der Waals surface area contributed by atoms with E-state index in [2.05, 4.69) is 5.32 Å². The van der Waals surface area contributed by atoms with Gasteiger partial charge in [-0.15, -0.1) is 0 Å². The average Bonchev–Trinajstić information content (AvgIpc) is 3.20. The Balaban J connectivity index is 1.89. The number of benzene rings is 1. The predicted molar refractivity (Wildman–Crippen MR) is 81.8 cm³/mol. The van der Waals surface area contributed by atoms with Gasteiger partial charge in [0.2, 0.25) is 5.91 Å². The molecule has 1 amide bonds. The smallest absolute Gasteiger partial charge is 0.303 e. The molecule has 4 nitrogen and oxygen atoms in total. The molecule has 1 aromatic carbocycles. The van der Waals surface area contributed by atoms with E-state index < -0.39 is 5.97 Å². The van der Waals surface area contributed by atoms with Crippen LogP contribution in [0.1, 0.15) is 37.7 Å². The molecular formula is C15H17Cl2NO3. The van der Waals surface area contributed by atoms with Gasteiger partial charge in [0.25, 0.3) is 0 Å². The van der Waals surface area contributed by atoms with Crippen molar-refractivity contribution in [1.82, 2.24) is 5.32 Å². The summed E-state index contributed by atoms with van der Waals surface area (Å²) in [4.78, 5) is 22.6. The van der Waals surface area contributed by atoms with Crippen molar-refractivity contribution in [2.45, 2.75) is 38.1 Å². The van der Waals surface area contributed by atoms with E-state index in [4.69, 9.17) is 28.3 Å².